The Bertz CT molecular complexity index is 673. The summed E-state index contributed by atoms with van der Waals surface area (Å²) in [6.07, 6.45) is -2.80. The maximum atomic E-state index is 12.7. The van der Waals surface area contributed by atoms with E-state index in [1.165, 1.54) is 0 Å². The Morgan fingerprint density at radius 3 is 2.39 bits per heavy atom. The summed E-state index contributed by atoms with van der Waals surface area (Å²) in [5.41, 5.74) is 4.68. The van der Waals surface area contributed by atoms with Crippen LogP contribution in [0, 0.1) is 0 Å². The number of rotatable bonds is 3. The van der Waals surface area contributed by atoms with Crippen LogP contribution in [0.2, 0.25) is 5.02 Å². The predicted octanol–water partition coefficient (Wildman–Crippen LogP) is 2.75. The van der Waals surface area contributed by atoms with Gasteiger partial charge in [0.15, 0.2) is 0 Å². The molecule has 1 aromatic heterocycles. The van der Waals surface area contributed by atoms with Gasteiger partial charge in [0.2, 0.25) is 0 Å². The number of amides is 1. The van der Waals surface area contributed by atoms with E-state index in [9.17, 15) is 18.0 Å². The molecule has 12 heteroatoms. The summed E-state index contributed by atoms with van der Waals surface area (Å²) >= 11 is 5.99. The van der Waals surface area contributed by atoms with Gasteiger partial charge in [-0.15, -0.1) is 24.8 Å². The lowest BCUT2D eigenvalue weighted by molar-refractivity contribution is -0.143. The van der Waals surface area contributed by atoms with Crippen LogP contribution in [-0.2, 0) is 15.7 Å². The quantitative estimate of drug-likeness (QED) is 0.743. The van der Waals surface area contributed by atoms with Crippen molar-refractivity contribution in [3.63, 3.8) is 0 Å². The number of pyridine rings is 1. The highest BCUT2D eigenvalue weighted by molar-refractivity contribution is 6.33. The molecule has 3 rings (SSSR count). The number of nitrogens with two attached hydrogens (primary N) is 1. The fraction of sp³-hybridized carbons (Fsp3) is 0.625. The van der Waals surface area contributed by atoms with E-state index in [2.05, 4.69) is 4.98 Å². The first-order valence-corrected chi connectivity index (χ1v) is 8.79. The Balaban J connectivity index is 0.00000196. The number of hydrogen-bond acceptors (Lipinski definition) is 5. The zero-order valence-electron chi connectivity index (χ0n) is 14.8. The average molecular weight is 466 g/mol. The Morgan fingerprint density at radius 2 is 1.89 bits per heavy atom. The highest BCUT2D eigenvalue weighted by Gasteiger charge is 2.35. The number of piperazine rings is 1. The van der Waals surface area contributed by atoms with Crippen LogP contribution in [0.5, 0.6) is 0 Å². The van der Waals surface area contributed by atoms with Gasteiger partial charge in [0.05, 0.1) is 16.7 Å². The number of alkyl halides is 3. The molecule has 1 aromatic rings. The molecule has 1 amide bonds. The fourth-order valence-electron chi connectivity index (χ4n) is 3.22. The van der Waals surface area contributed by atoms with Crippen molar-refractivity contribution < 1.29 is 22.7 Å². The summed E-state index contributed by atoms with van der Waals surface area (Å²) in [4.78, 5) is 19.9. The van der Waals surface area contributed by atoms with Gasteiger partial charge in [-0.1, -0.05) is 11.6 Å². The van der Waals surface area contributed by atoms with Gasteiger partial charge >= 0.3 is 6.18 Å². The second-order valence-corrected chi connectivity index (χ2v) is 6.81. The Labute approximate surface area is 178 Å². The third kappa shape index (κ3) is 5.54. The van der Waals surface area contributed by atoms with Gasteiger partial charge in [0.1, 0.15) is 11.9 Å². The van der Waals surface area contributed by atoms with Crippen LogP contribution in [0.25, 0.3) is 0 Å². The van der Waals surface area contributed by atoms with E-state index in [1.807, 2.05) is 0 Å². The summed E-state index contributed by atoms with van der Waals surface area (Å²) in [6.45, 7) is 2.15. The lowest BCUT2D eigenvalue weighted by Gasteiger charge is -2.36. The molecule has 160 valence electrons. The third-order valence-electron chi connectivity index (χ3n) is 4.69. The van der Waals surface area contributed by atoms with E-state index >= 15 is 0 Å². The predicted molar refractivity (Wildman–Crippen MR) is 104 cm³/mol. The number of halogens is 6. The van der Waals surface area contributed by atoms with Gasteiger partial charge in [-0.25, -0.2) is 4.98 Å². The van der Waals surface area contributed by atoms with Crippen molar-refractivity contribution in [2.75, 3.05) is 37.6 Å². The van der Waals surface area contributed by atoms with Gasteiger partial charge < -0.3 is 20.3 Å². The van der Waals surface area contributed by atoms with E-state index in [0.29, 0.717) is 45.0 Å². The first-order chi connectivity index (χ1) is 12.3. The van der Waals surface area contributed by atoms with Gasteiger partial charge in [0, 0.05) is 38.9 Å². The van der Waals surface area contributed by atoms with E-state index in [4.69, 9.17) is 22.1 Å². The summed E-state index contributed by atoms with van der Waals surface area (Å²) in [5, 5.41) is -0.0514. The summed E-state index contributed by atoms with van der Waals surface area (Å²) < 4.78 is 43.8. The molecule has 0 aromatic carbocycles. The van der Waals surface area contributed by atoms with E-state index in [0.717, 1.165) is 18.7 Å². The zero-order valence-corrected chi connectivity index (χ0v) is 17.2. The minimum Gasteiger partial charge on any atom is -0.364 e. The van der Waals surface area contributed by atoms with E-state index in [1.54, 1.807) is 9.80 Å². The van der Waals surface area contributed by atoms with Crippen molar-refractivity contribution in [3.8, 4) is 0 Å². The molecule has 6 nitrogen and oxygen atoms in total. The van der Waals surface area contributed by atoms with E-state index < -0.39 is 17.8 Å². The summed E-state index contributed by atoms with van der Waals surface area (Å²) in [6, 6.07) is 0.876. The summed E-state index contributed by atoms with van der Waals surface area (Å²) in [5.74, 6) is 0.235. The number of carbonyl (C=O) groups is 1. The minimum absolute atomic E-state index is 0. The van der Waals surface area contributed by atoms with Crippen LogP contribution in [0.3, 0.4) is 0 Å². The molecule has 2 saturated heterocycles. The normalized spacial score (nSPS) is 22.5. The van der Waals surface area contributed by atoms with Crippen molar-refractivity contribution in [1.82, 2.24) is 9.88 Å². The Kier molecular flexibility index (Phi) is 9.08. The van der Waals surface area contributed by atoms with Crippen LogP contribution < -0.4 is 10.6 Å². The van der Waals surface area contributed by atoms with Crippen LogP contribution >= 0.6 is 36.4 Å². The minimum atomic E-state index is -4.48. The topological polar surface area (TPSA) is 71.7 Å². The number of anilines is 1. The number of hydrogen-bond donors (Lipinski definition) is 1. The first kappa shape index (κ1) is 25.0. The Morgan fingerprint density at radius 1 is 1.25 bits per heavy atom. The molecule has 2 N–H and O–H groups in total. The van der Waals surface area contributed by atoms with Crippen molar-refractivity contribution in [2.45, 2.75) is 31.2 Å². The van der Waals surface area contributed by atoms with Crippen LogP contribution in [0.1, 0.15) is 18.4 Å². The highest BCUT2D eigenvalue weighted by atomic mass is 35.5. The molecular weight excluding hydrogens is 444 g/mol. The number of aromatic nitrogens is 1. The molecule has 2 fully saturated rings. The molecule has 2 aliphatic heterocycles. The van der Waals surface area contributed by atoms with Gasteiger partial charge in [-0.2, -0.15) is 13.2 Å². The van der Waals surface area contributed by atoms with Crippen molar-refractivity contribution in [3.05, 3.63) is 22.8 Å². The molecule has 2 atom stereocenters. The van der Waals surface area contributed by atoms with Crippen molar-refractivity contribution >= 4 is 48.1 Å². The SMILES string of the molecule is Cl.Cl.NC[C@H]1CC[C@@H](C(=O)N2CCN(c3ncc(C(F)(F)F)cc3Cl)CC2)O1. The molecule has 0 spiro atoms. The third-order valence-corrected chi connectivity index (χ3v) is 4.96. The number of nitrogens with zero attached hydrogens (tertiary/aromatic N) is 3. The molecule has 0 aliphatic carbocycles. The average Bonchev–Trinajstić information content (AvgIpc) is 3.09. The zero-order chi connectivity index (χ0) is 18.9. The van der Waals surface area contributed by atoms with Gasteiger partial charge in [0.25, 0.3) is 5.91 Å². The molecule has 3 heterocycles. The lowest BCUT2D eigenvalue weighted by Crippen LogP contribution is -2.51. The molecule has 2 aliphatic rings. The fourth-order valence-corrected chi connectivity index (χ4v) is 3.51. The largest absolute Gasteiger partial charge is 0.417 e. The van der Waals surface area contributed by atoms with Crippen LogP contribution in [0.4, 0.5) is 19.0 Å². The second kappa shape index (κ2) is 10.2. The molecule has 0 radical (unpaired) electrons. The number of carbonyl (C=O) groups excluding carboxylic acids is 1. The molecular formula is C16H22Cl3F3N4O2. The van der Waals surface area contributed by atoms with Crippen molar-refractivity contribution in [1.29, 1.82) is 0 Å². The molecule has 0 saturated carbocycles. The van der Waals surface area contributed by atoms with E-state index in [-0.39, 0.29) is 41.8 Å². The van der Waals surface area contributed by atoms with Crippen LogP contribution in [-0.4, -0.2) is 60.7 Å². The van der Waals surface area contributed by atoms with Gasteiger partial charge in [-0.3, -0.25) is 4.79 Å². The Hall–Kier alpha value is -1.00. The summed E-state index contributed by atoms with van der Waals surface area (Å²) in [7, 11) is 0. The maximum Gasteiger partial charge on any atom is 0.417 e. The van der Waals surface area contributed by atoms with Crippen LogP contribution in [0.15, 0.2) is 12.3 Å². The maximum absolute atomic E-state index is 12.7. The molecule has 0 unspecified atom stereocenters. The molecule has 0 bridgehead atoms. The lowest BCUT2D eigenvalue weighted by atomic mass is 10.1. The second-order valence-electron chi connectivity index (χ2n) is 6.40. The first-order valence-electron chi connectivity index (χ1n) is 8.41. The smallest absolute Gasteiger partial charge is 0.364 e. The molecule has 28 heavy (non-hydrogen) atoms. The standard InChI is InChI=1S/C16H20ClF3N4O2.2ClH/c17-12-7-10(16(18,19)20)9-22-14(12)23-3-5-24(6-4-23)15(25)13-2-1-11(8-21)26-13;;/h7,9,11,13H,1-6,8,21H2;2*1H/t11-,13+;;/m1../s1. The van der Waals surface area contributed by atoms with Crippen molar-refractivity contribution in [2.24, 2.45) is 5.73 Å². The number of ether oxygens (including phenoxy) is 1. The highest BCUT2D eigenvalue weighted by Crippen LogP contribution is 2.33. The monoisotopic (exact) mass is 464 g/mol. The van der Waals surface area contributed by atoms with Gasteiger partial charge in [-0.05, 0) is 18.9 Å².